The van der Waals surface area contributed by atoms with Crippen molar-refractivity contribution in [3.8, 4) is 0 Å². The lowest BCUT2D eigenvalue weighted by atomic mass is 9.82. The number of hydrogen-bond donors (Lipinski definition) is 1. The summed E-state index contributed by atoms with van der Waals surface area (Å²) in [6.07, 6.45) is 7.18. The molecule has 3 nitrogen and oxygen atoms in total. The van der Waals surface area contributed by atoms with E-state index < -0.39 is 5.60 Å². The van der Waals surface area contributed by atoms with Gasteiger partial charge in [-0.15, -0.1) is 0 Å². The summed E-state index contributed by atoms with van der Waals surface area (Å²) < 4.78 is 3.03. The summed E-state index contributed by atoms with van der Waals surface area (Å²) in [6.45, 7) is 5.31. The van der Waals surface area contributed by atoms with Crippen LogP contribution in [0.1, 0.15) is 51.6 Å². The molecule has 1 aliphatic rings. The van der Waals surface area contributed by atoms with Gasteiger partial charge in [-0.2, -0.15) is 0 Å². The Balaban J connectivity index is 2.45. The third-order valence-corrected chi connectivity index (χ3v) is 4.97. The van der Waals surface area contributed by atoms with Gasteiger partial charge in [0.25, 0.3) is 0 Å². The van der Waals surface area contributed by atoms with Crippen LogP contribution in [-0.4, -0.2) is 20.9 Å². The number of rotatable bonds is 4. The summed E-state index contributed by atoms with van der Waals surface area (Å²) >= 11 is 5.21. The van der Waals surface area contributed by atoms with E-state index in [0.29, 0.717) is 5.92 Å². The van der Waals surface area contributed by atoms with Crippen LogP contribution in [0.2, 0.25) is 0 Å². The molecule has 1 aromatic rings. The Morgan fingerprint density at radius 1 is 1.37 bits per heavy atom. The molecular formula is C14H23BrN2OS. The molecule has 0 bridgehead atoms. The molecule has 0 atom stereocenters. The fourth-order valence-electron chi connectivity index (χ4n) is 2.91. The molecule has 1 N–H and O–H groups in total. The summed E-state index contributed by atoms with van der Waals surface area (Å²) in [7, 11) is 0. The number of aromatic nitrogens is 2. The van der Waals surface area contributed by atoms with Crippen molar-refractivity contribution in [2.24, 2.45) is 5.92 Å². The van der Waals surface area contributed by atoms with Crippen molar-refractivity contribution in [3.63, 3.8) is 0 Å². The molecule has 2 rings (SSSR count). The maximum atomic E-state index is 11.0. The van der Waals surface area contributed by atoms with Crippen molar-refractivity contribution in [1.82, 2.24) is 9.55 Å². The van der Waals surface area contributed by atoms with Crippen LogP contribution in [-0.2, 0) is 12.1 Å². The smallest absolute Gasteiger partial charge is 0.169 e. The first-order valence-electron chi connectivity index (χ1n) is 7.01. The van der Waals surface area contributed by atoms with Crippen molar-refractivity contribution in [2.45, 2.75) is 63.3 Å². The van der Waals surface area contributed by atoms with E-state index in [4.69, 9.17) is 0 Å². The van der Waals surface area contributed by atoms with E-state index in [2.05, 4.69) is 39.3 Å². The zero-order valence-electron chi connectivity index (χ0n) is 11.9. The molecular weight excluding hydrogens is 324 g/mol. The molecule has 0 unspecified atom stereocenters. The number of nitrogens with zero attached hydrogens (tertiary/aromatic N) is 2. The number of thioether (sulfide) groups is 1. The molecule has 0 aliphatic heterocycles. The van der Waals surface area contributed by atoms with Crippen LogP contribution in [0.3, 0.4) is 0 Å². The molecule has 1 saturated carbocycles. The lowest BCUT2D eigenvalue weighted by Gasteiger charge is -2.33. The lowest BCUT2D eigenvalue weighted by Crippen LogP contribution is -2.32. The quantitative estimate of drug-likeness (QED) is 0.831. The van der Waals surface area contributed by atoms with Crippen molar-refractivity contribution < 1.29 is 5.11 Å². The van der Waals surface area contributed by atoms with Gasteiger partial charge in [-0.3, -0.25) is 0 Å². The minimum Gasteiger partial charge on any atom is -0.384 e. The normalized spacial score (nSPS) is 19.1. The monoisotopic (exact) mass is 346 g/mol. The molecule has 0 spiro atoms. The van der Waals surface area contributed by atoms with E-state index >= 15 is 0 Å². The molecule has 0 saturated heterocycles. The van der Waals surface area contributed by atoms with Gasteiger partial charge in [-0.05, 0) is 40.9 Å². The molecule has 1 aliphatic carbocycles. The van der Waals surface area contributed by atoms with Crippen LogP contribution in [0.4, 0.5) is 0 Å². The molecule has 0 aromatic carbocycles. The molecule has 1 heterocycles. The van der Waals surface area contributed by atoms with Crippen molar-refractivity contribution >= 4 is 27.7 Å². The van der Waals surface area contributed by atoms with Crippen molar-refractivity contribution in [2.75, 3.05) is 6.26 Å². The first-order valence-corrected chi connectivity index (χ1v) is 9.02. The summed E-state index contributed by atoms with van der Waals surface area (Å²) in [6, 6.07) is 0. The fourth-order valence-corrected chi connectivity index (χ4v) is 4.35. The van der Waals surface area contributed by atoms with Crippen LogP contribution in [0.25, 0.3) is 0 Å². The Labute approximate surface area is 128 Å². The maximum absolute atomic E-state index is 11.0. The fraction of sp³-hybridized carbons (Fsp3) is 0.786. The van der Waals surface area contributed by atoms with Crippen LogP contribution < -0.4 is 0 Å². The zero-order chi connectivity index (χ0) is 14.0. The summed E-state index contributed by atoms with van der Waals surface area (Å²) in [5.74, 6) is 0.540. The summed E-state index contributed by atoms with van der Waals surface area (Å²) in [5.41, 5.74) is 0.290. The molecule has 19 heavy (non-hydrogen) atoms. The van der Waals surface area contributed by atoms with Crippen molar-refractivity contribution in [1.29, 1.82) is 0 Å². The van der Waals surface area contributed by atoms with E-state index in [1.54, 1.807) is 11.8 Å². The predicted molar refractivity (Wildman–Crippen MR) is 83.5 cm³/mol. The Bertz CT molecular complexity index is 439. The van der Waals surface area contributed by atoms with Crippen LogP contribution in [0.5, 0.6) is 0 Å². The topological polar surface area (TPSA) is 38.1 Å². The summed E-state index contributed by atoms with van der Waals surface area (Å²) in [5, 5.41) is 12.0. The number of imidazole rings is 1. The molecule has 108 valence electrons. The molecule has 0 radical (unpaired) electrons. The van der Waals surface area contributed by atoms with Gasteiger partial charge in [0, 0.05) is 6.54 Å². The Kier molecular flexibility index (Phi) is 5.01. The minimum absolute atomic E-state index is 0.540. The molecule has 1 fully saturated rings. The van der Waals surface area contributed by atoms with Crippen LogP contribution in [0, 0.1) is 5.92 Å². The van der Waals surface area contributed by atoms with E-state index in [9.17, 15) is 5.11 Å². The van der Waals surface area contributed by atoms with Gasteiger partial charge >= 0.3 is 0 Å². The molecule has 1 aromatic heterocycles. The summed E-state index contributed by atoms with van der Waals surface area (Å²) in [4.78, 5) is 4.59. The maximum Gasteiger partial charge on any atom is 0.169 e. The highest BCUT2D eigenvalue weighted by Gasteiger charge is 2.37. The van der Waals surface area contributed by atoms with Gasteiger partial charge in [0.2, 0.25) is 0 Å². The van der Waals surface area contributed by atoms with Gasteiger partial charge < -0.3 is 9.67 Å². The van der Waals surface area contributed by atoms with Gasteiger partial charge in [0.15, 0.2) is 5.16 Å². The average Bonchev–Trinajstić information content (AvgIpc) is 2.66. The van der Waals surface area contributed by atoms with E-state index in [0.717, 1.165) is 47.7 Å². The van der Waals surface area contributed by atoms with Gasteiger partial charge in [0.1, 0.15) is 10.2 Å². The third kappa shape index (κ3) is 3.19. The SMILES string of the molecule is CSc1nc(Br)c(C2(O)CCCCC2)n1CC(C)C. The number of hydrogen-bond acceptors (Lipinski definition) is 3. The van der Waals surface area contributed by atoms with Gasteiger partial charge in [-0.25, -0.2) is 4.98 Å². The second-order valence-electron chi connectivity index (χ2n) is 5.83. The Hall–Kier alpha value is -0.0000000000000000833. The minimum atomic E-state index is -0.701. The average molecular weight is 347 g/mol. The molecule has 0 amide bonds. The van der Waals surface area contributed by atoms with Crippen LogP contribution in [0.15, 0.2) is 9.76 Å². The number of aliphatic hydroxyl groups is 1. The largest absolute Gasteiger partial charge is 0.384 e. The Morgan fingerprint density at radius 3 is 2.53 bits per heavy atom. The van der Waals surface area contributed by atoms with E-state index in [1.807, 2.05) is 6.26 Å². The van der Waals surface area contributed by atoms with E-state index in [-0.39, 0.29) is 0 Å². The molecule has 5 heteroatoms. The second-order valence-corrected chi connectivity index (χ2v) is 7.36. The highest BCUT2D eigenvalue weighted by Crippen LogP contribution is 2.41. The number of halogens is 1. The standard InChI is InChI=1S/C14H23BrN2OS/c1-10(2)9-17-11(12(15)16-13(17)19-3)14(18)7-5-4-6-8-14/h10,18H,4-9H2,1-3H3. The van der Waals surface area contributed by atoms with Gasteiger partial charge in [-0.1, -0.05) is 44.9 Å². The first-order chi connectivity index (χ1) is 8.98. The van der Waals surface area contributed by atoms with Crippen molar-refractivity contribution in [3.05, 3.63) is 10.3 Å². The zero-order valence-corrected chi connectivity index (χ0v) is 14.4. The highest BCUT2D eigenvalue weighted by atomic mass is 79.9. The van der Waals surface area contributed by atoms with E-state index in [1.165, 1.54) is 6.42 Å². The first kappa shape index (κ1) is 15.4. The van der Waals surface area contributed by atoms with Crippen LogP contribution >= 0.6 is 27.7 Å². The third-order valence-electron chi connectivity index (χ3n) is 3.74. The van der Waals surface area contributed by atoms with Gasteiger partial charge in [0.05, 0.1) is 5.69 Å². The second kappa shape index (κ2) is 6.19. The Morgan fingerprint density at radius 2 is 2.00 bits per heavy atom. The highest BCUT2D eigenvalue weighted by molar-refractivity contribution is 9.10. The predicted octanol–water partition coefficient (Wildman–Crippen LogP) is 4.18. The lowest BCUT2D eigenvalue weighted by molar-refractivity contribution is -0.00951.